The topological polar surface area (TPSA) is 24.1 Å². The molecule has 0 aliphatic heterocycles. The van der Waals surface area contributed by atoms with Gasteiger partial charge in [0.05, 0.1) is 0 Å². The number of unbranched alkanes of at least 4 members (excludes halogenated alkanes) is 1. The Labute approximate surface area is 134 Å². The van der Waals surface area contributed by atoms with Crippen LogP contribution < -0.4 is 10.6 Å². The Morgan fingerprint density at radius 2 is 0.952 bits per heavy atom. The first kappa shape index (κ1) is 17.7. The highest BCUT2D eigenvalue weighted by atomic mass is 35.5. The van der Waals surface area contributed by atoms with E-state index in [9.17, 15) is 0 Å². The van der Waals surface area contributed by atoms with Crippen molar-refractivity contribution >= 4 is 12.4 Å². The van der Waals surface area contributed by atoms with Crippen LogP contribution in [0.4, 0.5) is 0 Å². The minimum atomic E-state index is 0. The molecule has 21 heavy (non-hydrogen) atoms. The smallest absolute Gasteiger partial charge is 0.0205 e. The van der Waals surface area contributed by atoms with Crippen LogP contribution in [0.5, 0.6) is 0 Å². The number of benzene rings is 2. The zero-order valence-corrected chi connectivity index (χ0v) is 13.2. The Morgan fingerprint density at radius 3 is 1.33 bits per heavy atom. The maximum absolute atomic E-state index is 3.48. The standard InChI is InChI=1S/C18H24N2.ClH/c1-3-9-17(10-4-1)15-19-13-7-8-14-20-16-18-11-5-2-6-12-18;/h1-6,9-12,19-20H,7-8,13-16H2;1H. The van der Waals surface area contributed by atoms with Gasteiger partial charge in [0.25, 0.3) is 0 Å². The predicted molar refractivity (Wildman–Crippen MR) is 92.8 cm³/mol. The van der Waals surface area contributed by atoms with Gasteiger partial charge in [-0.1, -0.05) is 60.7 Å². The Morgan fingerprint density at radius 1 is 0.571 bits per heavy atom. The molecule has 2 aromatic rings. The first-order chi connectivity index (χ1) is 9.95. The van der Waals surface area contributed by atoms with Crippen molar-refractivity contribution in [1.29, 1.82) is 0 Å². The summed E-state index contributed by atoms with van der Waals surface area (Å²) in [6, 6.07) is 21.1. The predicted octanol–water partition coefficient (Wildman–Crippen LogP) is 3.77. The summed E-state index contributed by atoms with van der Waals surface area (Å²) >= 11 is 0. The minimum absolute atomic E-state index is 0. The van der Waals surface area contributed by atoms with Gasteiger partial charge in [0, 0.05) is 13.1 Å². The van der Waals surface area contributed by atoms with Crippen LogP contribution in [0.1, 0.15) is 24.0 Å². The molecule has 0 atom stereocenters. The Kier molecular flexibility index (Phi) is 9.55. The van der Waals surface area contributed by atoms with Crippen molar-refractivity contribution in [2.75, 3.05) is 13.1 Å². The summed E-state index contributed by atoms with van der Waals surface area (Å²) < 4.78 is 0. The van der Waals surface area contributed by atoms with Gasteiger partial charge >= 0.3 is 0 Å². The van der Waals surface area contributed by atoms with E-state index in [0.717, 1.165) is 26.2 Å². The van der Waals surface area contributed by atoms with Gasteiger partial charge in [-0.05, 0) is 37.1 Å². The molecule has 0 saturated carbocycles. The molecule has 0 heterocycles. The second-order valence-corrected chi connectivity index (χ2v) is 5.03. The molecule has 0 radical (unpaired) electrons. The average molecular weight is 305 g/mol. The van der Waals surface area contributed by atoms with Crippen LogP contribution in [-0.2, 0) is 13.1 Å². The third-order valence-electron chi connectivity index (χ3n) is 3.30. The van der Waals surface area contributed by atoms with Crippen LogP contribution in [0.2, 0.25) is 0 Å². The van der Waals surface area contributed by atoms with Crippen LogP contribution in [0.25, 0.3) is 0 Å². The molecule has 3 heteroatoms. The second-order valence-electron chi connectivity index (χ2n) is 5.03. The van der Waals surface area contributed by atoms with E-state index in [1.807, 2.05) is 0 Å². The van der Waals surface area contributed by atoms with Gasteiger partial charge in [0.1, 0.15) is 0 Å². The van der Waals surface area contributed by atoms with E-state index >= 15 is 0 Å². The molecule has 0 unspecified atom stereocenters. The van der Waals surface area contributed by atoms with Crippen molar-refractivity contribution in [3.8, 4) is 0 Å². The zero-order chi connectivity index (χ0) is 13.9. The fraction of sp³-hybridized carbons (Fsp3) is 0.333. The van der Waals surface area contributed by atoms with Crippen molar-refractivity contribution in [3.05, 3.63) is 71.8 Å². The van der Waals surface area contributed by atoms with E-state index in [1.165, 1.54) is 24.0 Å². The number of rotatable bonds is 9. The van der Waals surface area contributed by atoms with Gasteiger partial charge in [-0.25, -0.2) is 0 Å². The maximum atomic E-state index is 3.48. The van der Waals surface area contributed by atoms with Crippen LogP contribution in [-0.4, -0.2) is 13.1 Å². The van der Waals surface area contributed by atoms with E-state index in [-0.39, 0.29) is 12.4 Å². The molecule has 2 rings (SSSR count). The van der Waals surface area contributed by atoms with Crippen molar-refractivity contribution in [1.82, 2.24) is 10.6 Å². The first-order valence-corrected chi connectivity index (χ1v) is 7.44. The molecular weight excluding hydrogens is 280 g/mol. The van der Waals surface area contributed by atoms with E-state index < -0.39 is 0 Å². The lowest BCUT2D eigenvalue weighted by atomic mass is 10.2. The lowest BCUT2D eigenvalue weighted by Crippen LogP contribution is -2.18. The molecule has 0 amide bonds. The summed E-state index contributed by atoms with van der Waals surface area (Å²) in [6.07, 6.45) is 2.43. The van der Waals surface area contributed by atoms with Gasteiger partial charge in [-0.2, -0.15) is 0 Å². The van der Waals surface area contributed by atoms with Crippen LogP contribution in [0.15, 0.2) is 60.7 Å². The van der Waals surface area contributed by atoms with Gasteiger partial charge in [-0.15, -0.1) is 12.4 Å². The molecule has 0 bridgehead atoms. The largest absolute Gasteiger partial charge is 0.313 e. The minimum Gasteiger partial charge on any atom is -0.313 e. The first-order valence-electron chi connectivity index (χ1n) is 7.44. The molecule has 0 aliphatic carbocycles. The van der Waals surface area contributed by atoms with Gasteiger partial charge in [-0.3, -0.25) is 0 Å². The number of hydrogen-bond acceptors (Lipinski definition) is 2. The summed E-state index contributed by atoms with van der Waals surface area (Å²) in [5.74, 6) is 0. The van der Waals surface area contributed by atoms with Gasteiger partial charge < -0.3 is 10.6 Å². The normalized spacial score (nSPS) is 10.1. The highest BCUT2D eigenvalue weighted by Crippen LogP contribution is 1.98. The van der Waals surface area contributed by atoms with Gasteiger partial charge in [0.15, 0.2) is 0 Å². The molecule has 114 valence electrons. The molecule has 0 aliphatic rings. The number of halogens is 1. The average Bonchev–Trinajstić information content (AvgIpc) is 2.52. The van der Waals surface area contributed by atoms with Crippen molar-refractivity contribution in [2.24, 2.45) is 0 Å². The highest BCUT2D eigenvalue weighted by molar-refractivity contribution is 5.85. The van der Waals surface area contributed by atoms with E-state index in [2.05, 4.69) is 71.3 Å². The van der Waals surface area contributed by atoms with Crippen molar-refractivity contribution < 1.29 is 0 Å². The van der Waals surface area contributed by atoms with E-state index in [0.29, 0.717) is 0 Å². The Bertz CT molecular complexity index is 414. The second kappa shape index (κ2) is 11.3. The maximum Gasteiger partial charge on any atom is 0.0205 e. The molecule has 0 aromatic heterocycles. The molecule has 0 saturated heterocycles. The van der Waals surface area contributed by atoms with Gasteiger partial charge in [0.2, 0.25) is 0 Å². The number of hydrogen-bond donors (Lipinski definition) is 2. The molecule has 2 nitrogen and oxygen atoms in total. The van der Waals surface area contributed by atoms with Crippen LogP contribution >= 0.6 is 12.4 Å². The van der Waals surface area contributed by atoms with Crippen molar-refractivity contribution in [2.45, 2.75) is 25.9 Å². The Hall–Kier alpha value is -1.35. The quantitative estimate of drug-likeness (QED) is 0.689. The number of nitrogens with one attached hydrogen (secondary N) is 2. The third-order valence-corrected chi connectivity index (χ3v) is 3.30. The van der Waals surface area contributed by atoms with E-state index in [4.69, 9.17) is 0 Å². The van der Waals surface area contributed by atoms with Crippen molar-refractivity contribution in [3.63, 3.8) is 0 Å². The summed E-state index contributed by atoms with van der Waals surface area (Å²) in [5, 5.41) is 6.96. The summed E-state index contributed by atoms with van der Waals surface area (Å²) in [6.45, 7) is 4.11. The lowest BCUT2D eigenvalue weighted by molar-refractivity contribution is 0.582. The molecule has 2 aromatic carbocycles. The SMILES string of the molecule is Cl.c1ccc(CNCCCCNCc2ccccc2)cc1. The fourth-order valence-electron chi connectivity index (χ4n) is 2.16. The molecule has 0 fully saturated rings. The summed E-state index contributed by atoms with van der Waals surface area (Å²) in [5.41, 5.74) is 2.71. The molecule has 0 spiro atoms. The van der Waals surface area contributed by atoms with E-state index in [1.54, 1.807) is 0 Å². The summed E-state index contributed by atoms with van der Waals surface area (Å²) in [7, 11) is 0. The fourth-order valence-corrected chi connectivity index (χ4v) is 2.16. The zero-order valence-electron chi connectivity index (χ0n) is 12.4. The van der Waals surface area contributed by atoms with Crippen LogP contribution in [0, 0.1) is 0 Å². The molecular formula is C18H25ClN2. The summed E-state index contributed by atoms with van der Waals surface area (Å²) in [4.78, 5) is 0. The molecule has 2 N–H and O–H groups in total. The third kappa shape index (κ3) is 7.86. The Balaban J connectivity index is 0.00000220. The highest BCUT2D eigenvalue weighted by Gasteiger charge is 1.93. The van der Waals surface area contributed by atoms with Crippen LogP contribution in [0.3, 0.4) is 0 Å². The monoisotopic (exact) mass is 304 g/mol. The lowest BCUT2D eigenvalue weighted by Gasteiger charge is -2.06.